The Morgan fingerprint density at radius 2 is 1.62 bits per heavy atom. The molecule has 0 atom stereocenters. The highest BCUT2D eigenvalue weighted by molar-refractivity contribution is 9.10. The minimum absolute atomic E-state index is 0.200. The van der Waals surface area contributed by atoms with Gasteiger partial charge in [-0.3, -0.25) is 9.59 Å². The van der Waals surface area contributed by atoms with Crippen molar-refractivity contribution in [3.63, 3.8) is 0 Å². The molecule has 0 unspecified atom stereocenters. The van der Waals surface area contributed by atoms with Crippen LogP contribution in [0, 0.1) is 13.8 Å². The summed E-state index contributed by atoms with van der Waals surface area (Å²) in [5.74, 6) is -0.711. The molecule has 0 saturated heterocycles. The van der Waals surface area contributed by atoms with E-state index in [4.69, 9.17) is 5.73 Å². The van der Waals surface area contributed by atoms with Crippen LogP contribution in [0.25, 0.3) is 0 Å². The number of amides is 2. The van der Waals surface area contributed by atoms with Gasteiger partial charge in [0.25, 0.3) is 5.91 Å². The molecule has 0 fully saturated rings. The third-order valence-electron chi connectivity index (χ3n) is 2.99. The van der Waals surface area contributed by atoms with E-state index in [1.165, 1.54) is 0 Å². The van der Waals surface area contributed by atoms with Gasteiger partial charge in [0, 0.05) is 15.6 Å². The molecule has 21 heavy (non-hydrogen) atoms. The molecule has 3 N–H and O–H groups in total. The molecule has 2 rings (SSSR count). The van der Waals surface area contributed by atoms with Gasteiger partial charge in [0.05, 0.1) is 5.69 Å². The molecule has 0 saturated carbocycles. The molecular weight excluding hydrogens is 332 g/mol. The first-order chi connectivity index (χ1) is 9.86. The van der Waals surface area contributed by atoms with Gasteiger partial charge < -0.3 is 11.1 Å². The average molecular weight is 347 g/mol. The topological polar surface area (TPSA) is 72.2 Å². The zero-order valence-electron chi connectivity index (χ0n) is 11.7. The van der Waals surface area contributed by atoms with Gasteiger partial charge in [0.15, 0.2) is 0 Å². The molecule has 0 spiro atoms. The van der Waals surface area contributed by atoms with E-state index in [1.807, 2.05) is 32.0 Å². The number of benzene rings is 2. The van der Waals surface area contributed by atoms with E-state index in [0.717, 1.165) is 11.1 Å². The van der Waals surface area contributed by atoms with Gasteiger partial charge in [-0.2, -0.15) is 0 Å². The first-order valence-electron chi connectivity index (χ1n) is 6.36. The number of primary amides is 1. The number of nitrogens with one attached hydrogen (secondary N) is 1. The van der Waals surface area contributed by atoms with Crippen LogP contribution in [0.3, 0.4) is 0 Å². The Kier molecular flexibility index (Phi) is 4.43. The van der Waals surface area contributed by atoms with E-state index in [1.54, 1.807) is 18.2 Å². The van der Waals surface area contributed by atoms with E-state index in [-0.39, 0.29) is 5.91 Å². The van der Waals surface area contributed by atoms with Crippen molar-refractivity contribution in [1.29, 1.82) is 0 Å². The zero-order chi connectivity index (χ0) is 15.6. The molecule has 0 aromatic heterocycles. The van der Waals surface area contributed by atoms with Gasteiger partial charge in [-0.1, -0.05) is 17.2 Å². The number of hydrogen-bond acceptors (Lipinski definition) is 2. The maximum absolute atomic E-state index is 12.3. The molecule has 0 aliphatic heterocycles. The monoisotopic (exact) mass is 346 g/mol. The fourth-order valence-electron chi connectivity index (χ4n) is 2.07. The summed E-state index contributed by atoms with van der Waals surface area (Å²) in [6.07, 6.45) is 0. The average Bonchev–Trinajstić information content (AvgIpc) is 2.39. The number of hydrogen-bond donors (Lipinski definition) is 2. The van der Waals surface area contributed by atoms with Crippen molar-refractivity contribution in [2.75, 3.05) is 5.32 Å². The van der Waals surface area contributed by atoms with E-state index in [9.17, 15) is 9.59 Å². The highest BCUT2D eigenvalue weighted by atomic mass is 79.9. The second-order valence-corrected chi connectivity index (χ2v) is 5.74. The third kappa shape index (κ3) is 3.70. The predicted octanol–water partition coefficient (Wildman–Crippen LogP) is 3.42. The van der Waals surface area contributed by atoms with E-state index < -0.39 is 5.91 Å². The Labute approximate surface area is 131 Å². The summed E-state index contributed by atoms with van der Waals surface area (Å²) in [4.78, 5) is 23.4. The largest absolute Gasteiger partial charge is 0.366 e. The Hall–Kier alpha value is -2.14. The minimum atomic E-state index is -0.511. The van der Waals surface area contributed by atoms with Crippen LogP contribution in [0.1, 0.15) is 31.8 Å². The van der Waals surface area contributed by atoms with Crippen LogP contribution >= 0.6 is 15.9 Å². The van der Waals surface area contributed by atoms with Crippen molar-refractivity contribution in [1.82, 2.24) is 0 Å². The molecule has 0 aliphatic carbocycles. The minimum Gasteiger partial charge on any atom is -0.366 e. The van der Waals surface area contributed by atoms with E-state index >= 15 is 0 Å². The molecule has 2 amide bonds. The number of carbonyl (C=O) groups excluding carboxylic acids is 2. The fourth-order valence-corrected chi connectivity index (χ4v) is 2.55. The van der Waals surface area contributed by atoms with Crippen LogP contribution in [-0.2, 0) is 0 Å². The van der Waals surface area contributed by atoms with Crippen molar-refractivity contribution in [3.8, 4) is 0 Å². The van der Waals surface area contributed by atoms with Crippen molar-refractivity contribution >= 4 is 33.4 Å². The van der Waals surface area contributed by atoms with Gasteiger partial charge in [0.1, 0.15) is 0 Å². The molecule has 0 heterocycles. The Bertz CT molecular complexity index is 706. The van der Waals surface area contributed by atoms with Crippen molar-refractivity contribution in [3.05, 3.63) is 63.1 Å². The lowest BCUT2D eigenvalue weighted by Crippen LogP contribution is -2.14. The summed E-state index contributed by atoms with van der Waals surface area (Å²) in [6.45, 7) is 3.89. The van der Waals surface area contributed by atoms with Gasteiger partial charge in [-0.05, 0) is 60.1 Å². The number of rotatable bonds is 3. The summed E-state index contributed by atoms with van der Waals surface area (Å²) in [5.41, 5.74) is 8.84. The van der Waals surface area contributed by atoms with Crippen LogP contribution in [0.2, 0.25) is 0 Å². The highest BCUT2D eigenvalue weighted by Gasteiger charge is 2.11. The SMILES string of the molecule is Cc1cc(C)cc(C(=O)Nc2ccc(C(N)=O)cc2Br)c1. The Balaban J connectivity index is 2.25. The first-order valence-corrected chi connectivity index (χ1v) is 7.15. The van der Waals surface area contributed by atoms with Crippen LogP contribution in [0.5, 0.6) is 0 Å². The van der Waals surface area contributed by atoms with Gasteiger partial charge in [-0.25, -0.2) is 0 Å². The Morgan fingerprint density at radius 1 is 1.00 bits per heavy atom. The lowest BCUT2D eigenvalue weighted by atomic mass is 10.1. The number of halogens is 1. The predicted molar refractivity (Wildman–Crippen MR) is 86.5 cm³/mol. The smallest absolute Gasteiger partial charge is 0.255 e. The molecular formula is C16H15BrN2O2. The Morgan fingerprint density at radius 3 is 2.14 bits per heavy atom. The quantitative estimate of drug-likeness (QED) is 0.893. The molecule has 108 valence electrons. The molecule has 4 nitrogen and oxygen atoms in total. The van der Waals surface area contributed by atoms with E-state index in [2.05, 4.69) is 21.2 Å². The second-order valence-electron chi connectivity index (χ2n) is 4.89. The summed E-state index contributed by atoms with van der Waals surface area (Å²) in [7, 11) is 0. The third-order valence-corrected chi connectivity index (χ3v) is 3.64. The number of nitrogens with two attached hydrogens (primary N) is 1. The molecule has 0 bridgehead atoms. The summed E-state index contributed by atoms with van der Waals surface area (Å²) in [6, 6.07) is 10.5. The normalized spacial score (nSPS) is 10.2. The van der Waals surface area contributed by atoms with Crippen LogP contribution in [-0.4, -0.2) is 11.8 Å². The van der Waals surface area contributed by atoms with Crippen molar-refractivity contribution < 1.29 is 9.59 Å². The van der Waals surface area contributed by atoms with Crippen LogP contribution in [0.15, 0.2) is 40.9 Å². The van der Waals surface area contributed by atoms with Crippen LogP contribution < -0.4 is 11.1 Å². The summed E-state index contributed by atoms with van der Waals surface area (Å²) < 4.78 is 0.608. The van der Waals surface area contributed by atoms with E-state index in [0.29, 0.717) is 21.3 Å². The molecule has 2 aromatic carbocycles. The summed E-state index contributed by atoms with van der Waals surface area (Å²) >= 11 is 3.32. The summed E-state index contributed by atoms with van der Waals surface area (Å²) in [5, 5.41) is 2.81. The van der Waals surface area contributed by atoms with Gasteiger partial charge in [-0.15, -0.1) is 0 Å². The highest BCUT2D eigenvalue weighted by Crippen LogP contribution is 2.24. The van der Waals surface area contributed by atoms with Crippen LogP contribution in [0.4, 0.5) is 5.69 Å². The molecule has 5 heteroatoms. The molecule has 0 aliphatic rings. The zero-order valence-corrected chi connectivity index (χ0v) is 13.3. The van der Waals surface area contributed by atoms with Gasteiger partial charge >= 0.3 is 0 Å². The maximum atomic E-state index is 12.3. The number of aryl methyl sites for hydroxylation is 2. The van der Waals surface area contributed by atoms with Crippen molar-refractivity contribution in [2.45, 2.75) is 13.8 Å². The van der Waals surface area contributed by atoms with Gasteiger partial charge in [0.2, 0.25) is 5.91 Å². The first kappa shape index (κ1) is 15.3. The standard InChI is InChI=1S/C16H15BrN2O2/c1-9-5-10(2)7-12(6-9)16(21)19-14-4-3-11(15(18)20)8-13(14)17/h3-8H,1-2H3,(H2,18,20)(H,19,21). The fraction of sp³-hybridized carbons (Fsp3) is 0.125. The lowest BCUT2D eigenvalue weighted by Gasteiger charge is -2.09. The second kappa shape index (κ2) is 6.10. The van der Waals surface area contributed by atoms with Crippen molar-refractivity contribution in [2.24, 2.45) is 5.73 Å². The number of carbonyl (C=O) groups is 2. The molecule has 2 aromatic rings. The maximum Gasteiger partial charge on any atom is 0.255 e. The molecule has 0 radical (unpaired) electrons. The lowest BCUT2D eigenvalue weighted by molar-refractivity contribution is 0.0998. The number of anilines is 1.